The van der Waals surface area contributed by atoms with E-state index in [1.54, 1.807) is 0 Å². The zero-order valence-electron chi connectivity index (χ0n) is 18.2. The van der Waals surface area contributed by atoms with Gasteiger partial charge in [0.15, 0.2) is 11.5 Å². The Labute approximate surface area is 183 Å². The number of hydrogen-bond donors (Lipinski definition) is 2. The largest absolute Gasteiger partial charge is 0.490 e. The first-order chi connectivity index (χ1) is 15.2. The molecule has 0 aliphatic carbocycles. The first-order valence-electron chi connectivity index (χ1n) is 10.8. The van der Waals surface area contributed by atoms with Crippen LogP contribution in [0.5, 0.6) is 11.5 Å². The van der Waals surface area contributed by atoms with Crippen molar-refractivity contribution in [2.75, 3.05) is 13.2 Å². The Morgan fingerprint density at radius 3 is 2.65 bits per heavy atom. The smallest absolute Gasteiger partial charge is 0.161 e. The molecule has 0 aliphatic rings. The minimum absolute atomic E-state index is 0.525. The summed E-state index contributed by atoms with van der Waals surface area (Å²) in [5.74, 6) is 2.56. The molecule has 0 fully saturated rings. The molecule has 31 heavy (non-hydrogen) atoms. The van der Waals surface area contributed by atoms with Crippen LogP contribution in [0.3, 0.4) is 0 Å². The highest BCUT2D eigenvalue weighted by molar-refractivity contribution is 5.74. The van der Waals surface area contributed by atoms with Crippen molar-refractivity contribution in [2.24, 2.45) is 0 Å². The Bertz CT molecular complexity index is 1100. The van der Waals surface area contributed by atoms with Crippen LogP contribution in [0.15, 0.2) is 66.7 Å². The fourth-order valence-corrected chi connectivity index (χ4v) is 3.58. The molecule has 4 aromatic rings. The van der Waals surface area contributed by atoms with Gasteiger partial charge in [-0.15, -0.1) is 0 Å². The molecule has 0 radical (unpaired) electrons. The molecule has 1 heterocycles. The fraction of sp³-hybridized carbons (Fsp3) is 0.269. The minimum Gasteiger partial charge on any atom is -0.490 e. The van der Waals surface area contributed by atoms with Gasteiger partial charge in [-0.3, -0.25) is 0 Å². The van der Waals surface area contributed by atoms with E-state index in [0.29, 0.717) is 13.2 Å². The van der Waals surface area contributed by atoms with E-state index in [4.69, 9.17) is 9.47 Å². The van der Waals surface area contributed by atoms with Crippen LogP contribution in [0.2, 0.25) is 0 Å². The third kappa shape index (κ3) is 5.64. The summed E-state index contributed by atoms with van der Waals surface area (Å²) < 4.78 is 11.9. The number of imidazole rings is 1. The molecule has 4 rings (SSSR count). The van der Waals surface area contributed by atoms with Crippen molar-refractivity contribution < 1.29 is 9.47 Å². The Balaban J connectivity index is 1.32. The first-order valence-corrected chi connectivity index (χ1v) is 10.8. The highest BCUT2D eigenvalue weighted by Gasteiger charge is 2.08. The summed E-state index contributed by atoms with van der Waals surface area (Å²) in [6.07, 6.45) is 0.852. The van der Waals surface area contributed by atoms with Crippen LogP contribution in [0.25, 0.3) is 11.0 Å². The average molecular weight is 416 g/mol. The van der Waals surface area contributed by atoms with Gasteiger partial charge in [-0.1, -0.05) is 48.0 Å². The van der Waals surface area contributed by atoms with Gasteiger partial charge in [0.2, 0.25) is 0 Å². The van der Waals surface area contributed by atoms with Gasteiger partial charge < -0.3 is 19.8 Å². The molecule has 5 heteroatoms. The average Bonchev–Trinajstić information content (AvgIpc) is 3.19. The lowest BCUT2D eigenvalue weighted by Gasteiger charge is -2.14. The van der Waals surface area contributed by atoms with Crippen molar-refractivity contribution in [3.8, 4) is 11.5 Å². The predicted octanol–water partition coefficient (Wildman–Crippen LogP) is 5.18. The van der Waals surface area contributed by atoms with E-state index in [1.165, 1.54) is 5.56 Å². The van der Waals surface area contributed by atoms with Crippen LogP contribution < -0.4 is 14.8 Å². The summed E-state index contributed by atoms with van der Waals surface area (Å²) in [6.45, 7) is 6.81. The molecule has 1 aromatic heterocycles. The summed E-state index contributed by atoms with van der Waals surface area (Å²) in [5, 5.41) is 3.49. The van der Waals surface area contributed by atoms with Gasteiger partial charge in [-0.05, 0) is 49.2 Å². The fourth-order valence-electron chi connectivity index (χ4n) is 3.58. The van der Waals surface area contributed by atoms with Gasteiger partial charge >= 0.3 is 0 Å². The number of aryl methyl sites for hydroxylation is 1. The number of H-pyrrole nitrogens is 1. The summed E-state index contributed by atoms with van der Waals surface area (Å²) >= 11 is 0. The van der Waals surface area contributed by atoms with Gasteiger partial charge in [0.25, 0.3) is 0 Å². The van der Waals surface area contributed by atoms with Crippen LogP contribution >= 0.6 is 0 Å². The summed E-state index contributed by atoms with van der Waals surface area (Å²) in [4.78, 5) is 8.00. The van der Waals surface area contributed by atoms with Gasteiger partial charge in [-0.2, -0.15) is 0 Å². The summed E-state index contributed by atoms with van der Waals surface area (Å²) in [7, 11) is 0. The number of aromatic amines is 1. The van der Waals surface area contributed by atoms with E-state index < -0.39 is 0 Å². The molecule has 0 saturated heterocycles. The summed E-state index contributed by atoms with van der Waals surface area (Å²) in [6, 6.07) is 22.6. The van der Waals surface area contributed by atoms with Gasteiger partial charge in [-0.25, -0.2) is 4.98 Å². The molecule has 2 N–H and O–H groups in total. The summed E-state index contributed by atoms with van der Waals surface area (Å²) in [5.41, 5.74) is 5.64. The predicted molar refractivity (Wildman–Crippen MR) is 125 cm³/mol. The maximum absolute atomic E-state index is 6.04. The number of para-hydroxylation sites is 2. The van der Waals surface area contributed by atoms with Crippen LogP contribution in [0.1, 0.15) is 29.4 Å². The molecular weight excluding hydrogens is 386 g/mol. The van der Waals surface area contributed by atoms with Crippen LogP contribution in [0.4, 0.5) is 0 Å². The maximum atomic E-state index is 6.04. The van der Waals surface area contributed by atoms with Gasteiger partial charge in [0.1, 0.15) is 12.4 Å². The van der Waals surface area contributed by atoms with Crippen molar-refractivity contribution in [1.82, 2.24) is 15.3 Å². The van der Waals surface area contributed by atoms with Crippen molar-refractivity contribution in [3.63, 3.8) is 0 Å². The lowest BCUT2D eigenvalue weighted by molar-refractivity contribution is 0.269. The SMILES string of the molecule is CCOc1cc(CNCCc2nc3ccccc3[nH]2)ccc1OCc1cccc(C)c1. The van der Waals surface area contributed by atoms with E-state index in [-0.39, 0.29) is 0 Å². The molecule has 0 spiro atoms. The molecule has 0 saturated carbocycles. The molecule has 0 amide bonds. The second kappa shape index (κ2) is 10.1. The minimum atomic E-state index is 0.525. The third-order valence-corrected chi connectivity index (χ3v) is 5.09. The Hall–Kier alpha value is -3.31. The molecular formula is C26H29N3O2. The molecule has 3 aromatic carbocycles. The number of nitrogens with zero attached hydrogens (tertiary/aromatic N) is 1. The number of fused-ring (bicyclic) bond motifs is 1. The van der Waals surface area contributed by atoms with Gasteiger partial charge in [0, 0.05) is 19.5 Å². The molecule has 160 valence electrons. The zero-order valence-corrected chi connectivity index (χ0v) is 18.2. The number of aromatic nitrogens is 2. The van der Waals surface area contributed by atoms with Gasteiger partial charge in [0.05, 0.1) is 17.6 Å². The number of rotatable bonds is 10. The Kier molecular flexibility index (Phi) is 6.85. The van der Waals surface area contributed by atoms with Crippen LogP contribution in [-0.2, 0) is 19.6 Å². The van der Waals surface area contributed by atoms with E-state index in [2.05, 4.69) is 64.7 Å². The topological polar surface area (TPSA) is 59.2 Å². The molecule has 0 aliphatic heterocycles. The van der Waals surface area contributed by atoms with E-state index in [1.807, 2.05) is 31.2 Å². The first kappa shape index (κ1) is 20.9. The van der Waals surface area contributed by atoms with Crippen molar-refractivity contribution in [1.29, 1.82) is 0 Å². The molecule has 5 nitrogen and oxygen atoms in total. The van der Waals surface area contributed by atoms with E-state index in [9.17, 15) is 0 Å². The van der Waals surface area contributed by atoms with E-state index in [0.717, 1.165) is 59.0 Å². The highest BCUT2D eigenvalue weighted by atomic mass is 16.5. The van der Waals surface area contributed by atoms with E-state index >= 15 is 0 Å². The Morgan fingerprint density at radius 1 is 0.903 bits per heavy atom. The van der Waals surface area contributed by atoms with Crippen molar-refractivity contribution in [3.05, 3.63) is 89.2 Å². The zero-order chi connectivity index (χ0) is 21.5. The molecule has 0 atom stereocenters. The number of ether oxygens (including phenoxy) is 2. The molecule has 0 bridgehead atoms. The maximum Gasteiger partial charge on any atom is 0.161 e. The number of benzene rings is 3. The number of nitrogens with one attached hydrogen (secondary N) is 2. The lowest BCUT2D eigenvalue weighted by Crippen LogP contribution is -2.17. The van der Waals surface area contributed by atoms with Crippen molar-refractivity contribution >= 4 is 11.0 Å². The normalized spacial score (nSPS) is 11.0. The Morgan fingerprint density at radius 2 is 1.81 bits per heavy atom. The van der Waals surface area contributed by atoms with Crippen LogP contribution in [0, 0.1) is 6.92 Å². The monoisotopic (exact) mass is 415 g/mol. The highest BCUT2D eigenvalue weighted by Crippen LogP contribution is 2.29. The molecule has 0 unspecified atom stereocenters. The standard InChI is InChI=1S/C26H29N3O2/c1-3-30-25-16-20(11-12-24(25)31-18-21-8-6-7-19(2)15-21)17-27-14-13-26-28-22-9-4-5-10-23(22)29-26/h4-12,15-16,27H,3,13-14,17-18H2,1-2H3,(H,28,29). The lowest BCUT2D eigenvalue weighted by atomic mass is 10.1. The van der Waals surface area contributed by atoms with Crippen molar-refractivity contribution in [2.45, 2.75) is 33.4 Å². The second-order valence-electron chi connectivity index (χ2n) is 7.62. The quantitative estimate of drug-likeness (QED) is 0.350. The second-order valence-corrected chi connectivity index (χ2v) is 7.62. The number of hydrogen-bond acceptors (Lipinski definition) is 4. The third-order valence-electron chi connectivity index (χ3n) is 5.09. The van der Waals surface area contributed by atoms with Crippen LogP contribution in [-0.4, -0.2) is 23.1 Å².